The van der Waals surface area contributed by atoms with Gasteiger partial charge in [-0.15, -0.1) is 0 Å². The molecular formula is C17H18O. The topological polar surface area (TPSA) is 20.2 Å². The first kappa shape index (κ1) is 11.5. The molecule has 0 aromatic heterocycles. The summed E-state index contributed by atoms with van der Waals surface area (Å²) in [7, 11) is 0. The molecule has 92 valence electrons. The van der Waals surface area contributed by atoms with E-state index in [1.54, 1.807) is 0 Å². The minimum Gasteiger partial charge on any atom is -0.380 e. The third-order valence-electron chi connectivity index (χ3n) is 3.95. The number of hydrogen-bond acceptors (Lipinski definition) is 1. The summed E-state index contributed by atoms with van der Waals surface area (Å²) in [6.45, 7) is 0. The lowest BCUT2D eigenvalue weighted by molar-refractivity contribution is 0.0704. The Hall–Kier alpha value is -1.60. The third-order valence-corrected chi connectivity index (χ3v) is 3.95. The van der Waals surface area contributed by atoms with Crippen molar-refractivity contribution in [1.82, 2.24) is 0 Å². The van der Waals surface area contributed by atoms with E-state index >= 15 is 0 Å². The number of aliphatic hydroxyl groups is 1. The number of aryl methyl sites for hydroxylation is 1. The second-order valence-electron chi connectivity index (χ2n) is 5.09. The lowest BCUT2D eigenvalue weighted by atomic mass is 9.82. The van der Waals surface area contributed by atoms with Gasteiger partial charge in [-0.1, -0.05) is 54.6 Å². The molecule has 0 saturated heterocycles. The number of hydrogen-bond donors (Lipinski definition) is 1. The third kappa shape index (κ3) is 1.85. The molecule has 0 heterocycles. The summed E-state index contributed by atoms with van der Waals surface area (Å²) in [6, 6.07) is 18.4. The van der Waals surface area contributed by atoms with Crippen LogP contribution in [0, 0.1) is 0 Å². The highest BCUT2D eigenvalue weighted by molar-refractivity contribution is 5.41. The Balaban J connectivity index is 2.16. The molecule has 0 unspecified atom stereocenters. The van der Waals surface area contributed by atoms with Crippen LogP contribution in [0.15, 0.2) is 54.6 Å². The molecule has 1 aliphatic carbocycles. The van der Waals surface area contributed by atoms with Crippen molar-refractivity contribution < 1.29 is 5.11 Å². The van der Waals surface area contributed by atoms with Crippen LogP contribution in [0.2, 0.25) is 0 Å². The van der Waals surface area contributed by atoms with E-state index in [0.29, 0.717) is 0 Å². The van der Waals surface area contributed by atoms with Gasteiger partial charge in [0.1, 0.15) is 5.60 Å². The van der Waals surface area contributed by atoms with Gasteiger partial charge in [-0.2, -0.15) is 0 Å². The fraction of sp³-hybridized carbons (Fsp3) is 0.294. The monoisotopic (exact) mass is 238 g/mol. The van der Waals surface area contributed by atoms with Crippen molar-refractivity contribution in [3.63, 3.8) is 0 Å². The largest absolute Gasteiger partial charge is 0.380 e. The molecule has 1 nitrogen and oxygen atoms in total. The molecule has 0 fully saturated rings. The van der Waals surface area contributed by atoms with E-state index in [0.717, 1.165) is 36.8 Å². The van der Waals surface area contributed by atoms with Crippen molar-refractivity contribution in [2.75, 3.05) is 0 Å². The Morgan fingerprint density at radius 2 is 1.56 bits per heavy atom. The van der Waals surface area contributed by atoms with Crippen LogP contribution < -0.4 is 0 Å². The molecule has 0 saturated carbocycles. The molecule has 18 heavy (non-hydrogen) atoms. The summed E-state index contributed by atoms with van der Waals surface area (Å²) >= 11 is 0. The minimum atomic E-state index is -0.811. The SMILES string of the molecule is O[C@]1(c2ccccc2)CCCCc2ccccc21. The summed E-state index contributed by atoms with van der Waals surface area (Å²) in [6.07, 6.45) is 4.12. The average Bonchev–Trinajstić information content (AvgIpc) is 2.61. The van der Waals surface area contributed by atoms with Gasteiger partial charge in [0.2, 0.25) is 0 Å². The molecule has 1 aliphatic rings. The van der Waals surface area contributed by atoms with Gasteiger partial charge in [-0.3, -0.25) is 0 Å². The van der Waals surface area contributed by atoms with Gasteiger partial charge in [-0.05, 0) is 42.4 Å². The Labute approximate surface area is 108 Å². The fourth-order valence-electron chi connectivity index (χ4n) is 2.99. The van der Waals surface area contributed by atoms with Gasteiger partial charge in [-0.25, -0.2) is 0 Å². The molecule has 0 aliphatic heterocycles. The van der Waals surface area contributed by atoms with Crippen molar-refractivity contribution in [3.8, 4) is 0 Å². The highest BCUT2D eigenvalue weighted by Gasteiger charge is 2.34. The molecule has 0 bridgehead atoms. The maximum absolute atomic E-state index is 11.2. The van der Waals surface area contributed by atoms with Gasteiger partial charge >= 0.3 is 0 Å². The molecule has 0 spiro atoms. The Morgan fingerprint density at radius 3 is 2.39 bits per heavy atom. The molecule has 0 radical (unpaired) electrons. The summed E-state index contributed by atoms with van der Waals surface area (Å²) in [5.41, 5.74) is 2.59. The zero-order valence-corrected chi connectivity index (χ0v) is 10.5. The van der Waals surface area contributed by atoms with Gasteiger partial charge < -0.3 is 5.11 Å². The second kappa shape index (κ2) is 4.58. The first-order valence-corrected chi connectivity index (χ1v) is 6.67. The molecule has 2 aromatic rings. The zero-order chi connectivity index (χ0) is 12.4. The van der Waals surface area contributed by atoms with E-state index in [4.69, 9.17) is 0 Å². The highest BCUT2D eigenvalue weighted by atomic mass is 16.3. The van der Waals surface area contributed by atoms with E-state index in [1.807, 2.05) is 36.4 Å². The van der Waals surface area contributed by atoms with Crippen LogP contribution >= 0.6 is 0 Å². The Morgan fingerprint density at radius 1 is 0.833 bits per heavy atom. The van der Waals surface area contributed by atoms with Crippen LogP contribution in [0.1, 0.15) is 36.0 Å². The Kier molecular flexibility index (Phi) is 2.92. The first-order valence-electron chi connectivity index (χ1n) is 6.67. The average molecular weight is 238 g/mol. The molecule has 1 atom stereocenters. The van der Waals surface area contributed by atoms with Crippen LogP contribution in [0.4, 0.5) is 0 Å². The van der Waals surface area contributed by atoms with Gasteiger partial charge in [0, 0.05) is 0 Å². The van der Waals surface area contributed by atoms with Crippen LogP contribution in [0.5, 0.6) is 0 Å². The van der Waals surface area contributed by atoms with Gasteiger partial charge in [0.05, 0.1) is 0 Å². The molecular weight excluding hydrogens is 220 g/mol. The van der Waals surface area contributed by atoms with Crippen molar-refractivity contribution >= 4 is 0 Å². The number of rotatable bonds is 1. The minimum absolute atomic E-state index is 0.811. The maximum atomic E-state index is 11.2. The fourth-order valence-corrected chi connectivity index (χ4v) is 2.99. The molecule has 1 N–H and O–H groups in total. The summed E-state index contributed by atoms with van der Waals surface area (Å²) < 4.78 is 0. The predicted molar refractivity (Wildman–Crippen MR) is 73.4 cm³/mol. The number of benzene rings is 2. The van der Waals surface area contributed by atoms with Crippen molar-refractivity contribution in [1.29, 1.82) is 0 Å². The van der Waals surface area contributed by atoms with Crippen LogP contribution in [0.25, 0.3) is 0 Å². The lowest BCUT2D eigenvalue weighted by Gasteiger charge is -2.29. The summed E-state index contributed by atoms with van der Waals surface area (Å²) in [5.74, 6) is 0. The maximum Gasteiger partial charge on any atom is 0.115 e. The van der Waals surface area contributed by atoms with Gasteiger partial charge in [0.25, 0.3) is 0 Å². The first-order chi connectivity index (χ1) is 8.81. The van der Waals surface area contributed by atoms with Crippen LogP contribution in [-0.2, 0) is 12.0 Å². The summed E-state index contributed by atoms with van der Waals surface area (Å²) in [5, 5.41) is 11.2. The van der Waals surface area contributed by atoms with Crippen LogP contribution in [0.3, 0.4) is 0 Å². The lowest BCUT2D eigenvalue weighted by Crippen LogP contribution is -2.27. The van der Waals surface area contributed by atoms with E-state index in [2.05, 4.69) is 18.2 Å². The molecule has 3 rings (SSSR count). The Bertz CT molecular complexity index is 532. The zero-order valence-electron chi connectivity index (χ0n) is 10.5. The van der Waals surface area contributed by atoms with Crippen molar-refractivity contribution in [2.45, 2.75) is 31.3 Å². The highest BCUT2D eigenvalue weighted by Crippen LogP contribution is 2.39. The van der Waals surface area contributed by atoms with E-state index in [1.165, 1.54) is 5.56 Å². The van der Waals surface area contributed by atoms with Gasteiger partial charge in [0.15, 0.2) is 0 Å². The van der Waals surface area contributed by atoms with E-state index < -0.39 is 5.60 Å². The van der Waals surface area contributed by atoms with Crippen molar-refractivity contribution in [3.05, 3.63) is 71.3 Å². The normalized spacial score (nSPS) is 23.2. The second-order valence-corrected chi connectivity index (χ2v) is 5.09. The molecule has 2 aromatic carbocycles. The van der Waals surface area contributed by atoms with E-state index in [-0.39, 0.29) is 0 Å². The molecule has 0 amide bonds. The van der Waals surface area contributed by atoms with Crippen LogP contribution in [-0.4, -0.2) is 5.11 Å². The molecule has 1 heteroatoms. The summed E-state index contributed by atoms with van der Waals surface area (Å²) in [4.78, 5) is 0. The van der Waals surface area contributed by atoms with Crippen molar-refractivity contribution in [2.24, 2.45) is 0 Å². The smallest absolute Gasteiger partial charge is 0.115 e. The van der Waals surface area contributed by atoms with E-state index in [9.17, 15) is 5.11 Å². The number of fused-ring (bicyclic) bond motifs is 1. The predicted octanol–water partition coefficient (Wildman–Crippen LogP) is 3.65. The quantitative estimate of drug-likeness (QED) is 0.752. The standard InChI is InChI=1S/C17H18O/c18-17(15-10-2-1-3-11-15)13-7-6-9-14-8-4-5-12-16(14)17/h1-5,8,10-12,18H,6-7,9,13H2/t17-/m0/s1.